The van der Waals surface area contributed by atoms with E-state index in [9.17, 15) is 4.79 Å². The zero-order valence-corrected chi connectivity index (χ0v) is 10.1. The number of carbonyl (C=O) groups excluding carboxylic acids is 1. The number of hydrogen-bond donors (Lipinski definition) is 1. The van der Waals surface area contributed by atoms with Gasteiger partial charge in [0.1, 0.15) is 5.82 Å². The van der Waals surface area contributed by atoms with Crippen molar-refractivity contribution in [3.05, 3.63) is 23.9 Å². The molecule has 1 saturated heterocycles. The van der Waals surface area contributed by atoms with Gasteiger partial charge in [0, 0.05) is 31.5 Å². The third-order valence-corrected chi connectivity index (χ3v) is 3.30. The quantitative estimate of drug-likeness (QED) is 0.802. The number of nitrogens with zero attached hydrogens (tertiary/aromatic N) is 2. The van der Waals surface area contributed by atoms with E-state index in [0.717, 1.165) is 31.7 Å². The fourth-order valence-electron chi connectivity index (χ4n) is 2.24. The average molecular weight is 234 g/mol. The summed E-state index contributed by atoms with van der Waals surface area (Å²) in [5.41, 5.74) is 0.653. The number of hydrogen-bond acceptors (Lipinski definition) is 4. The van der Waals surface area contributed by atoms with Crippen molar-refractivity contribution in [3.8, 4) is 0 Å². The first-order valence-electron chi connectivity index (χ1n) is 6.03. The summed E-state index contributed by atoms with van der Waals surface area (Å²) < 4.78 is 0. The molecule has 0 saturated carbocycles. The zero-order chi connectivity index (χ0) is 12.3. The molecule has 1 N–H and O–H groups in total. The highest BCUT2D eigenvalue weighted by molar-refractivity contribution is 5.93. The molecule has 0 aliphatic carbocycles. The van der Waals surface area contributed by atoms with Crippen LogP contribution in [0.25, 0.3) is 0 Å². The van der Waals surface area contributed by atoms with Crippen molar-refractivity contribution in [1.82, 2.24) is 4.98 Å². The summed E-state index contributed by atoms with van der Waals surface area (Å²) in [6.07, 6.45) is 3.61. The van der Waals surface area contributed by atoms with Gasteiger partial charge in [0.2, 0.25) is 0 Å². The average Bonchev–Trinajstić information content (AvgIpc) is 2.78. The number of pyridine rings is 1. The summed E-state index contributed by atoms with van der Waals surface area (Å²) in [5.74, 6) is 1.54. The fraction of sp³-hybridized carbons (Fsp3) is 0.538. The number of anilines is 1. The number of aromatic nitrogens is 1. The normalized spacial score (nSPS) is 19.6. The molecular formula is C13H18N2O2. The molecule has 1 unspecified atom stereocenters. The third-order valence-electron chi connectivity index (χ3n) is 3.30. The van der Waals surface area contributed by atoms with E-state index in [1.807, 2.05) is 12.1 Å². The Kier molecular flexibility index (Phi) is 3.74. The van der Waals surface area contributed by atoms with Gasteiger partial charge in [-0.1, -0.05) is 0 Å². The SMILES string of the molecule is CC(=O)c1ccc(N2CCC(CCO)C2)nc1. The van der Waals surface area contributed by atoms with E-state index in [2.05, 4.69) is 9.88 Å². The Hall–Kier alpha value is -1.42. The van der Waals surface area contributed by atoms with Crippen LogP contribution in [0.2, 0.25) is 0 Å². The highest BCUT2D eigenvalue weighted by atomic mass is 16.3. The standard InChI is InChI=1S/C13H18N2O2/c1-10(17)12-2-3-13(14-8-12)15-6-4-11(9-15)5-7-16/h2-3,8,11,16H,4-7,9H2,1H3. The topological polar surface area (TPSA) is 53.4 Å². The molecule has 1 aliphatic heterocycles. The smallest absolute Gasteiger partial charge is 0.161 e. The minimum atomic E-state index is 0.0450. The van der Waals surface area contributed by atoms with Gasteiger partial charge >= 0.3 is 0 Å². The van der Waals surface area contributed by atoms with Crippen LogP contribution in [-0.2, 0) is 0 Å². The van der Waals surface area contributed by atoms with Crippen molar-refractivity contribution in [1.29, 1.82) is 0 Å². The summed E-state index contributed by atoms with van der Waals surface area (Å²) >= 11 is 0. The van der Waals surface area contributed by atoms with Gasteiger partial charge in [-0.15, -0.1) is 0 Å². The maximum absolute atomic E-state index is 11.1. The predicted molar refractivity (Wildman–Crippen MR) is 66.3 cm³/mol. The van der Waals surface area contributed by atoms with E-state index in [4.69, 9.17) is 5.11 Å². The first-order valence-corrected chi connectivity index (χ1v) is 6.03. The Morgan fingerprint density at radius 2 is 2.41 bits per heavy atom. The lowest BCUT2D eigenvalue weighted by Crippen LogP contribution is -2.21. The van der Waals surface area contributed by atoms with Gasteiger partial charge in [-0.3, -0.25) is 4.79 Å². The molecule has 0 amide bonds. The fourth-order valence-corrected chi connectivity index (χ4v) is 2.24. The van der Waals surface area contributed by atoms with Crippen LogP contribution in [0.4, 0.5) is 5.82 Å². The molecule has 1 aromatic rings. The van der Waals surface area contributed by atoms with Crippen LogP contribution in [0.5, 0.6) is 0 Å². The number of aliphatic hydroxyl groups excluding tert-OH is 1. The van der Waals surface area contributed by atoms with Gasteiger partial charge in [-0.25, -0.2) is 4.98 Å². The number of carbonyl (C=O) groups is 1. The van der Waals surface area contributed by atoms with Gasteiger partial charge < -0.3 is 10.0 Å². The van der Waals surface area contributed by atoms with Crippen LogP contribution >= 0.6 is 0 Å². The van der Waals surface area contributed by atoms with Gasteiger partial charge in [-0.2, -0.15) is 0 Å². The Labute approximate surface area is 101 Å². The largest absolute Gasteiger partial charge is 0.396 e. The highest BCUT2D eigenvalue weighted by Gasteiger charge is 2.22. The van der Waals surface area contributed by atoms with Crippen molar-refractivity contribution >= 4 is 11.6 Å². The van der Waals surface area contributed by atoms with Crippen LogP contribution in [0.3, 0.4) is 0 Å². The van der Waals surface area contributed by atoms with E-state index in [-0.39, 0.29) is 12.4 Å². The molecule has 0 aromatic carbocycles. The van der Waals surface area contributed by atoms with E-state index in [1.54, 1.807) is 13.1 Å². The molecule has 2 heterocycles. The monoisotopic (exact) mass is 234 g/mol. The van der Waals surface area contributed by atoms with Crippen LogP contribution in [-0.4, -0.2) is 35.6 Å². The summed E-state index contributed by atoms with van der Waals surface area (Å²) in [4.78, 5) is 17.7. The summed E-state index contributed by atoms with van der Waals surface area (Å²) in [7, 11) is 0. The third kappa shape index (κ3) is 2.82. The van der Waals surface area contributed by atoms with Crippen molar-refractivity contribution in [2.75, 3.05) is 24.6 Å². The second-order valence-electron chi connectivity index (χ2n) is 4.57. The summed E-state index contributed by atoms with van der Waals surface area (Å²) in [5, 5.41) is 8.91. The molecule has 0 spiro atoms. The first-order chi connectivity index (χ1) is 8.20. The Morgan fingerprint density at radius 1 is 1.59 bits per heavy atom. The number of rotatable bonds is 4. The molecule has 1 aliphatic rings. The molecule has 1 atom stereocenters. The first kappa shape index (κ1) is 12.0. The molecule has 92 valence electrons. The molecule has 2 rings (SSSR count). The molecule has 17 heavy (non-hydrogen) atoms. The van der Waals surface area contributed by atoms with E-state index in [0.29, 0.717) is 11.5 Å². The Morgan fingerprint density at radius 3 is 3.00 bits per heavy atom. The van der Waals surface area contributed by atoms with Gasteiger partial charge in [0.15, 0.2) is 5.78 Å². The minimum absolute atomic E-state index is 0.0450. The highest BCUT2D eigenvalue weighted by Crippen LogP contribution is 2.24. The molecule has 0 bridgehead atoms. The Balaban J connectivity index is 2.01. The van der Waals surface area contributed by atoms with Crippen molar-refractivity contribution < 1.29 is 9.90 Å². The van der Waals surface area contributed by atoms with E-state index in [1.165, 1.54) is 0 Å². The van der Waals surface area contributed by atoms with Crippen LogP contribution in [0, 0.1) is 5.92 Å². The number of ketones is 1. The van der Waals surface area contributed by atoms with Crippen LogP contribution in [0.1, 0.15) is 30.1 Å². The van der Waals surface area contributed by atoms with Crippen molar-refractivity contribution in [2.45, 2.75) is 19.8 Å². The van der Waals surface area contributed by atoms with E-state index < -0.39 is 0 Å². The molecule has 1 fully saturated rings. The minimum Gasteiger partial charge on any atom is -0.396 e. The lowest BCUT2D eigenvalue weighted by Gasteiger charge is -2.17. The molecule has 0 radical (unpaired) electrons. The summed E-state index contributed by atoms with van der Waals surface area (Å²) in [6.45, 7) is 3.74. The zero-order valence-electron chi connectivity index (χ0n) is 10.1. The van der Waals surface area contributed by atoms with Crippen molar-refractivity contribution in [3.63, 3.8) is 0 Å². The molecule has 4 heteroatoms. The van der Waals surface area contributed by atoms with Crippen molar-refractivity contribution in [2.24, 2.45) is 5.92 Å². The molecular weight excluding hydrogens is 216 g/mol. The van der Waals surface area contributed by atoms with Gasteiger partial charge in [0.25, 0.3) is 0 Å². The second-order valence-corrected chi connectivity index (χ2v) is 4.57. The van der Waals surface area contributed by atoms with Crippen LogP contribution in [0.15, 0.2) is 18.3 Å². The van der Waals surface area contributed by atoms with Crippen LogP contribution < -0.4 is 4.90 Å². The molecule has 1 aromatic heterocycles. The number of aliphatic hydroxyl groups is 1. The summed E-state index contributed by atoms with van der Waals surface area (Å²) in [6, 6.07) is 3.72. The molecule has 4 nitrogen and oxygen atoms in total. The predicted octanol–water partition coefficient (Wildman–Crippen LogP) is 1.49. The number of Topliss-reactive ketones (excluding diaryl/α,β-unsaturated/α-hetero) is 1. The van der Waals surface area contributed by atoms with E-state index >= 15 is 0 Å². The lowest BCUT2D eigenvalue weighted by molar-refractivity contribution is 0.101. The maximum Gasteiger partial charge on any atom is 0.161 e. The maximum atomic E-state index is 11.1. The lowest BCUT2D eigenvalue weighted by atomic mass is 10.1. The van der Waals surface area contributed by atoms with Gasteiger partial charge in [0.05, 0.1) is 0 Å². The second kappa shape index (κ2) is 5.27. The van der Waals surface area contributed by atoms with Gasteiger partial charge in [-0.05, 0) is 37.8 Å². The Bertz CT molecular complexity index is 389.